The maximum atomic E-state index is 13.7. The lowest BCUT2D eigenvalue weighted by atomic mass is 9.85. The van der Waals surface area contributed by atoms with Crippen molar-refractivity contribution in [2.24, 2.45) is 11.8 Å². The van der Waals surface area contributed by atoms with Gasteiger partial charge in [0.1, 0.15) is 5.25 Å². The summed E-state index contributed by atoms with van der Waals surface area (Å²) in [5.41, 5.74) is 4.44. The summed E-state index contributed by atoms with van der Waals surface area (Å²) in [6, 6.07) is 14.6. The van der Waals surface area contributed by atoms with E-state index in [-0.39, 0.29) is 17.9 Å². The lowest BCUT2D eigenvalue weighted by Gasteiger charge is -2.37. The molecule has 2 aromatic carbocycles. The van der Waals surface area contributed by atoms with Crippen molar-refractivity contribution in [2.75, 3.05) is 4.90 Å². The molecule has 32 heavy (non-hydrogen) atoms. The third-order valence-electron chi connectivity index (χ3n) is 7.06. The third-order valence-corrected chi connectivity index (χ3v) is 8.52. The lowest BCUT2D eigenvalue weighted by molar-refractivity contribution is -0.129. The van der Waals surface area contributed by atoms with Gasteiger partial charge in [-0.3, -0.25) is 9.59 Å². The van der Waals surface area contributed by atoms with Crippen molar-refractivity contribution >= 4 is 29.3 Å². The van der Waals surface area contributed by atoms with Crippen LogP contribution in [-0.4, -0.2) is 23.1 Å². The molecule has 5 heteroatoms. The second-order valence-corrected chi connectivity index (χ2v) is 10.7. The molecule has 1 aliphatic carbocycles. The Morgan fingerprint density at radius 1 is 1.16 bits per heavy atom. The zero-order valence-electron chi connectivity index (χ0n) is 19.6. The number of amides is 2. The molecule has 1 heterocycles. The van der Waals surface area contributed by atoms with Gasteiger partial charge in [-0.1, -0.05) is 62.6 Å². The molecule has 0 radical (unpaired) electrons. The summed E-state index contributed by atoms with van der Waals surface area (Å²) in [5, 5.41) is 2.85. The number of anilines is 1. The van der Waals surface area contributed by atoms with Gasteiger partial charge >= 0.3 is 0 Å². The minimum Gasteiger partial charge on any atom is -0.353 e. The van der Waals surface area contributed by atoms with Gasteiger partial charge in [-0.05, 0) is 55.9 Å². The van der Waals surface area contributed by atoms with Crippen molar-refractivity contribution in [1.29, 1.82) is 0 Å². The zero-order valence-corrected chi connectivity index (χ0v) is 20.4. The quantitative estimate of drug-likeness (QED) is 0.641. The Balaban J connectivity index is 1.58. The molecule has 0 spiro atoms. The zero-order chi connectivity index (χ0) is 22.8. The van der Waals surface area contributed by atoms with Crippen molar-refractivity contribution in [2.45, 2.75) is 76.1 Å². The highest BCUT2D eigenvalue weighted by molar-refractivity contribution is 8.01. The van der Waals surface area contributed by atoms with Crippen LogP contribution in [0.15, 0.2) is 47.4 Å². The van der Waals surface area contributed by atoms with Gasteiger partial charge < -0.3 is 10.2 Å². The van der Waals surface area contributed by atoms with E-state index in [0.29, 0.717) is 12.5 Å². The summed E-state index contributed by atoms with van der Waals surface area (Å²) in [4.78, 5) is 29.8. The summed E-state index contributed by atoms with van der Waals surface area (Å²) in [6.45, 7) is 8.81. The number of carbonyl (C=O) groups is 2. The van der Waals surface area contributed by atoms with Crippen molar-refractivity contribution < 1.29 is 9.59 Å². The largest absolute Gasteiger partial charge is 0.353 e. The van der Waals surface area contributed by atoms with E-state index in [4.69, 9.17) is 0 Å². The van der Waals surface area contributed by atoms with Gasteiger partial charge in [-0.15, -0.1) is 11.8 Å². The van der Waals surface area contributed by atoms with E-state index in [9.17, 15) is 9.59 Å². The summed E-state index contributed by atoms with van der Waals surface area (Å²) in [7, 11) is 0. The molecule has 0 aromatic heterocycles. The molecular formula is C27H34N2O2S. The average molecular weight is 451 g/mol. The Hall–Kier alpha value is -2.27. The smallest absolute Gasteiger partial charge is 0.241 e. The Bertz CT molecular complexity index is 1000. The van der Waals surface area contributed by atoms with E-state index >= 15 is 0 Å². The number of thioether (sulfide) groups is 1. The predicted octanol–water partition coefficient (Wildman–Crippen LogP) is 5.64. The van der Waals surface area contributed by atoms with Crippen LogP contribution in [0.2, 0.25) is 0 Å². The molecule has 4 atom stereocenters. The number of nitrogens with one attached hydrogen (secondary N) is 1. The molecule has 0 unspecified atom stereocenters. The fraction of sp³-hybridized carbons (Fsp3) is 0.481. The van der Waals surface area contributed by atoms with Crippen LogP contribution in [-0.2, 0) is 16.1 Å². The Kier molecular flexibility index (Phi) is 6.94. The van der Waals surface area contributed by atoms with E-state index in [1.165, 1.54) is 29.3 Å². The van der Waals surface area contributed by atoms with Crippen LogP contribution in [0.4, 0.5) is 5.69 Å². The Labute approximate surface area is 196 Å². The van der Waals surface area contributed by atoms with Gasteiger partial charge in [0.25, 0.3) is 0 Å². The molecule has 4 nitrogen and oxygen atoms in total. The fourth-order valence-corrected chi connectivity index (χ4v) is 6.13. The standard InChI is InChI=1S/C27H34N2O2S/c1-17-13-14-18(2)21(15-17)16-29-23-11-7-8-12-24(23)32-25(27(29)31)20(4)26(30)28-22-10-6-5-9-19(22)3/h7-8,11-15,19-20,22,25H,5-6,9-10,16H2,1-4H3,(H,28,30)/t19-,20-,22-,25-/m0/s1. The molecule has 1 aliphatic heterocycles. The molecule has 1 fully saturated rings. The van der Waals surface area contributed by atoms with Crippen LogP contribution in [0, 0.1) is 25.7 Å². The van der Waals surface area contributed by atoms with Crippen molar-refractivity contribution in [3.05, 3.63) is 59.2 Å². The second-order valence-electron chi connectivity index (χ2n) is 9.53. The Morgan fingerprint density at radius 3 is 2.69 bits per heavy atom. The number of nitrogens with zero attached hydrogens (tertiary/aromatic N) is 1. The number of carbonyl (C=O) groups excluding carboxylic acids is 2. The first-order valence-corrected chi connectivity index (χ1v) is 12.7. The summed E-state index contributed by atoms with van der Waals surface area (Å²) in [6.07, 6.45) is 4.60. The highest BCUT2D eigenvalue weighted by Gasteiger charge is 2.40. The van der Waals surface area contributed by atoms with E-state index < -0.39 is 11.2 Å². The van der Waals surface area contributed by atoms with E-state index in [2.05, 4.69) is 50.4 Å². The average Bonchev–Trinajstić information content (AvgIpc) is 2.78. The molecule has 2 amide bonds. The lowest BCUT2D eigenvalue weighted by Crippen LogP contribution is -2.50. The summed E-state index contributed by atoms with van der Waals surface area (Å²) < 4.78 is 0. The number of para-hydroxylation sites is 1. The van der Waals surface area contributed by atoms with Crippen LogP contribution < -0.4 is 10.2 Å². The van der Waals surface area contributed by atoms with Gasteiger partial charge in [0.05, 0.1) is 18.2 Å². The van der Waals surface area contributed by atoms with Crippen LogP contribution in [0.25, 0.3) is 0 Å². The van der Waals surface area contributed by atoms with Gasteiger partial charge in [0, 0.05) is 10.9 Å². The SMILES string of the molecule is Cc1ccc(C)c(CN2C(=O)[C@H]([C@H](C)C(=O)N[C@H]3CCCC[C@@H]3C)Sc3ccccc32)c1. The first-order valence-electron chi connectivity index (χ1n) is 11.8. The van der Waals surface area contributed by atoms with Crippen LogP contribution in [0.1, 0.15) is 56.2 Å². The predicted molar refractivity (Wildman–Crippen MR) is 132 cm³/mol. The van der Waals surface area contributed by atoms with Crippen LogP contribution >= 0.6 is 11.8 Å². The van der Waals surface area contributed by atoms with Crippen LogP contribution in [0.5, 0.6) is 0 Å². The molecule has 4 rings (SSSR count). The normalized spacial score (nSPS) is 24.1. The molecule has 170 valence electrons. The van der Waals surface area contributed by atoms with Gasteiger partial charge in [-0.2, -0.15) is 0 Å². The molecule has 2 aromatic rings. The molecular weight excluding hydrogens is 416 g/mol. The first kappa shape index (κ1) is 22.9. The highest BCUT2D eigenvalue weighted by Crippen LogP contribution is 2.42. The van der Waals surface area contributed by atoms with Crippen molar-refractivity contribution in [3.63, 3.8) is 0 Å². The minimum absolute atomic E-state index is 0.000618. The second kappa shape index (κ2) is 9.70. The van der Waals surface area contributed by atoms with E-state index in [0.717, 1.165) is 35.4 Å². The fourth-order valence-electron chi connectivity index (χ4n) is 4.84. The molecule has 2 aliphatic rings. The molecule has 1 N–H and O–H groups in total. The molecule has 0 saturated heterocycles. The van der Waals surface area contributed by atoms with Gasteiger partial charge in [-0.25, -0.2) is 0 Å². The molecule has 1 saturated carbocycles. The summed E-state index contributed by atoms with van der Waals surface area (Å²) in [5.74, 6) is 0.127. The number of aryl methyl sites for hydroxylation is 2. The van der Waals surface area contributed by atoms with Gasteiger partial charge in [0.15, 0.2) is 0 Å². The maximum absolute atomic E-state index is 13.7. The molecule has 0 bridgehead atoms. The van der Waals surface area contributed by atoms with Crippen LogP contribution in [0.3, 0.4) is 0 Å². The Morgan fingerprint density at radius 2 is 1.91 bits per heavy atom. The third kappa shape index (κ3) is 4.73. The minimum atomic E-state index is -0.422. The van der Waals surface area contributed by atoms with E-state index in [1.54, 1.807) is 0 Å². The number of rotatable bonds is 5. The summed E-state index contributed by atoms with van der Waals surface area (Å²) >= 11 is 1.53. The topological polar surface area (TPSA) is 49.4 Å². The van der Waals surface area contributed by atoms with Gasteiger partial charge in [0.2, 0.25) is 11.8 Å². The first-order chi connectivity index (χ1) is 15.3. The number of benzene rings is 2. The monoisotopic (exact) mass is 450 g/mol. The number of fused-ring (bicyclic) bond motifs is 1. The maximum Gasteiger partial charge on any atom is 0.241 e. The van der Waals surface area contributed by atoms with E-state index in [1.807, 2.05) is 30.0 Å². The van der Waals surface area contributed by atoms with Crippen molar-refractivity contribution in [1.82, 2.24) is 5.32 Å². The van der Waals surface area contributed by atoms with Crippen molar-refractivity contribution in [3.8, 4) is 0 Å². The highest BCUT2D eigenvalue weighted by atomic mass is 32.2. The number of hydrogen-bond donors (Lipinski definition) is 1. The number of hydrogen-bond acceptors (Lipinski definition) is 3.